The molecule has 0 amide bonds. The smallest absolute Gasteiger partial charge is 0.320 e. The number of carboxylic acids is 1. The van der Waals surface area contributed by atoms with Gasteiger partial charge in [0.1, 0.15) is 6.04 Å². The van der Waals surface area contributed by atoms with E-state index in [1.165, 1.54) is 0 Å². The van der Waals surface area contributed by atoms with Gasteiger partial charge in [0.05, 0.1) is 10.0 Å². The van der Waals surface area contributed by atoms with Gasteiger partial charge in [-0.1, -0.05) is 29.3 Å². The Bertz CT molecular complexity index is 460. The zero-order chi connectivity index (χ0) is 13.3. The van der Waals surface area contributed by atoms with Gasteiger partial charge in [0.15, 0.2) is 0 Å². The van der Waals surface area contributed by atoms with Gasteiger partial charge in [-0.05, 0) is 43.4 Å². The van der Waals surface area contributed by atoms with Crippen LogP contribution in [-0.4, -0.2) is 17.1 Å². The van der Waals surface area contributed by atoms with Crippen LogP contribution in [0.25, 0.3) is 0 Å². The topological polar surface area (TPSA) is 49.3 Å². The second-order valence-corrected chi connectivity index (χ2v) is 5.53. The predicted molar refractivity (Wildman–Crippen MR) is 72.2 cm³/mol. The highest BCUT2D eigenvalue weighted by Crippen LogP contribution is 2.34. The van der Waals surface area contributed by atoms with Crippen LogP contribution >= 0.6 is 23.2 Å². The van der Waals surface area contributed by atoms with Crippen molar-refractivity contribution in [3.8, 4) is 0 Å². The number of carbonyl (C=O) groups is 1. The summed E-state index contributed by atoms with van der Waals surface area (Å²) in [6.45, 7) is 1.93. The number of rotatable bonds is 5. The predicted octanol–water partition coefficient (Wildman–Crippen LogP) is 3.51. The van der Waals surface area contributed by atoms with Crippen molar-refractivity contribution in [3.63, 3.8) is 0 Å². The average Bonchev–Trinajstić information content (AvgIpc) is 3.13. The molecule has 0 aliphatic heterocycles. The number of nitrogens with one attached hydrogen (secondary N) is 1. The van der Waals surface area contributed by atoms with Gasteiger partial charge in [0.25, 0.3) is 0 Å². The van der Waals surface area contributed by atoms with Gasteiger partial charge in [-0.15, -0.1) is 0 Å². The van der Waals surface area contributed by atoms with E-state index in [1.807, 2.05) is 13.0 Å². The molecule has 1 aliphatic rings. The Labute approximate surface area is 116 Å². The van der Waals surface area contributed by atoms with Crippen LogP contribution in [0.2, 0.25) is 10.0 Å². The van der Waals surface area contributed by atoms with Gasteiger partial charge in [-0.3, -0.25) is 10.1 Å². The molecule has 0 bridgehead atoms. The Hall–Kier alpha value is -0.770. The fraction of sp³-hybridized carbons (Fsp3) is 0.462. The summed E-state index contributed by atoms with van der Waals surface area (Å²) in [7, 11) is 0. The molecule has 3 nitrogen and oxygen atoms in total. The van der Waals surface area contributed by atoms with Gasteiger partial charge < -0.3 is 5.11 Å². The molecule has 0 heterocycles. The molecule has 1 fully saturated rings. The van der Waals surface area contributed by atoms with Crippen molar-refractivity contribution in [2.75, 3.05) is 0 Å². The number of carboxylic acid groups (broad SMARTS) is 1. The SMILES string of the molecule is CC(NC(C(=O)O)C1CC1)c1ccc(Cl)c(Cl)c1. The van der Waals surface area contributed by atoms with E-state index in [9.17, 15) is 4.79 Å². The van der Waals surface area contributed by atoms with Crippen molar-refractivity contribution >= 4 is 29.2 Å². The highest BCUT2D eigenvalue weighted by Gasteiger charge is 2.36. The molecule has 1 aromatic carbocycles. The number of benzene rings is 1. The van der Waals surface area contributed by atoms with E-state index < -0.39 is 12.0 Å². The first-order chi connectivity index (χ1) is 8.49. The lowest BCUT2D eigenvalue weighted by molar-refractivity contribution is -0.140. The maximum absolute atomic E-state index is 11.2. The first-order valence-corrected chi connectivity index (χ1v) is 6.68. The minimum atomic E-state index is -0.788. The molecule has 2 rings (SSSR count). The molecule has 5 heteroatoms. The van der Waals surface area contributed by atoms with Crippen LogP contribution in [0.15, 0.2) is 18.2 Å². The van der Waals surface area contributed by atoms with Crippen LogP contribution in [0, 0.1) is 5.92 Å². The minimum absolute atomic E-state index is 0.0681. The first kappa shape index (κ1) is 13.7. The zero-order valence-electron chi connectivity index (χ0n) is 9.99. The molecule has 0 aromatic heterocycles. The Morgan fingerprint density at radius 3 is 2.56 bits per heavy atom. The van der Waals surface area contributed by atoms with Crippen LogP contribution in [0.4, 0.5) is 0 Å². The Morgan fingerprint density at radius 1 is 1.39 bits per heavy atom. The summed E-state index contributed by atoms with van der Waals surface area (Å²) in [6.07, 6.45) is 1.97. The Balaban J connectivity index is 2.08. The number of hydrogen-bond donors (Lipinski definition) is 2. The summed E-state index contributed by atoms with van der Waals surface area (Å²) in [5, 5.41) is 13.3. The second kappa shape index (κ2) is 5.47. The summed E-state index contributed by atoms with van der Waals surface area (Å²) >= 11 is 11.8. The molecular weight excluding hydrogens is 273 g/mol. The lowest BCUT2D eigenvalue weighted by Gasteiger charge is -2.20. The van der Waals surface area contributed by atoms with Gasteiger partial charge in [0, 0.05) is 6.04 Å². The van der Waals surface area contributed by atoms with Crippen molar-refractivity contribution in [1.82, 2.24) is 5.32 Å². The van der Waals surface area contributed by atoms with E-state index in [2.05, 4.69) is 5.32 Å². The van der Waals surface area contributed by atoms with Crippen LogP contribution in [0.1, 0.15) is 31.4 Å². The molecule has 98 valence electrons. The summed E-state index contributed by atoms with van der Waals surface area (Å²) in [6, 6.07) is 4.81. The fourth-order valence-corrected chi connectivity index (χ4v) is 2.29. The molecule has 0 spiro atoms. The van der Waals surface area contributed by atoms with E-state index in [1.54, 1.807) is 12.1 Å². The molecule has 2 unspecified atom stereocenters. The van der Waals surface area contributed by atoms with Crippen molar-refractivity contribution in [1.29, 1.82) is 0 Å². The molecule has 1 saturated carbocycles. The molecule has 2 atom stereocenters. The normalized spacial score (nSPS) is 18.4. The van der Waals surface area contributed by atoms with Crippen LogP contribution in [0.5, 0.6) is 0 Å². The third-order valence-corrected chi connectivity index (χ3v) is 3.97. The third kappa shape index (κ3) is 3.16. The number of halogens is 2. The average molecular weight is 288 g/mol. The second-order valence-electron chi connectivity index (χ2n) is 4.72. The molecule has 0 radical (unpaired) electrons. The monoisotopic (exact) mass is 287 g/mol. The van der Waals surface area contributed by atoms with Gasteiger partial charge in [-0.25, -0.2) is 0 Å². The molecule has 2 N–H and O–H groups in total. The van der Waals surface area contributed by atoms with Crippen molar-refractivity contribution < 1.29 is 9.90 Å². The van der Waals surface area contributed by atoms with E-state index in [-0.39, 0.29) is 12.0 Å². The summed E-state index contributed by atoms with van der Waals surface area (Å²) in [4.78, 5) is 11.2. The fourth-order valence-electron chi connectivity index (χ4n) is 1.99. The number of aliphatic carboxylic acids is 1. The zero-order valence-corrected chi connectivity index (χ0v) is 11.5. The molecule has 18 heavy (non-hydrogen) atoms. The van der Waals surface area contributed by atoms with E-state index >= 15 is 0 Å². The lowest BCUT2D eigenvalue weighted by atomic mass is 10.1. The maximum Gasteiger partial charge on any atom is 0.320 e. The maximum atomic E-state index is 11.2. The largest absolute Gasteiger partial charge is 0.480 e. The van der Waals surface area contributed by atoms with Gasteiger partial charge in [-0.2, -0.15) is 0 Å². The Kier molecular flexibility index (Phi) is 4.15. The standard InChI is InChI=1S/C13H15Cl2NO2/c1-7(9-4-5-10(14)11(15)6-9)16-12(13(17)18)8-2-3-8/h4-8,12,16H,2-3H2,1H3,(H,17,18). The molecule has 1 aromatic rings. The summed E-state index contributed by atoms with van der Waals surface area (Å²) in [5.41, 5.74) is 0.941. The van der Waals surface area contributed by atoms with Crippen molar-refractivity contribution in [2.24, 2.45) is 5.92 Å². The summed E-state index contributed by atoms with van der Waals surface area (Å²) < 4.78 is 0. The molecule has 0 saturated heterocycles. The van der Waals surface area contributed by atoms with E-state index in [4.69, 9.17) is 28.3 Å². The van der Waals surface area contributed by atoms with E-state index in [0.717, 1.165) is 18.4 Å². The molecular formula is C13H15Cl2NO2. The highest BCUT2D eigenvalue weighted by atomic mass is 35.5. The van der Waals surface area contributed by atoms with Gasteiger partial charge >= 0.3 is 5.97 Å². The van der Waals surface area contributed by atoms with Crippen LogP contribution < -0.4 is 5.32 Å². The van der Waals surface area contributed by atoms with Crippen molar-refractivity contribution in [3.05, 3.63) is 33.8 Å². The van der Waals surface area contributed by atoms with Crippen molar-refractivity contribution in [2.45, 2.75) is 31.8 Å². The van der Waals surface area contributed by atoms with E-state index in [0.29, 0.717) is 10.0 Å². The van der Waals surface area contributed by atoms with Crippen LogP contribution in [-0.2, 0) is 4.79 Å². The quantitative estimate of drug-likeness (QED) is 0.871. The first-order valence-electron chi connectivity index (χ1n) is 5.93. The Morgan fingerprint density at radius 2 is 2.06 bits per heavy atom. The third-order valence-electron chi connectivity index (χ3n) is 3.23. The highest BCUT2D eigenvalue weighted by molar-refractivity contribution is 6.42. The lowest BCUT2D eigenvalue weighted by Crippen LogP contribution is -2.40. The summed E-state index contributed by atoms with van der Waals surface area (Å²) in [5.74, 6) is -0.530. The van der Waals surface area contributed by atoms with Gasteiger partial charge in [0.2, 0.25) is 0 Å². The molecule has 1 aliphatic carbocycles. The van der Waals surface area contributed by atoms with Crippen LogP contribution in [0.3, 0.4) is 0 Å². The minimum Gasteiger partial charge on any atom is -0.480 e. The number of hydrogen-bond acceptors (Lipinski definition) is 2.